The summed E-state index contributed by atoms with van der Waals surface area (Å²) in [7, 11) is 3.63. The van der Waals surface area contributed by atoms with Gasteiger partial charge in [0.1, 0.15) is 24.2 Å². The lowest BCUT2D eigenvalue weighted by molar-refractivity contribution is 0.194. The SMILES string of the molecule is CCC(CNC(=NCc1nnc(C)n1C)NCCCOC)Oc1ccccc1Cl. The molecule has 0 aliphatic rings. The fraction of sp³-hybridized carbons (Fsp3) is 0.550. The van der Waals surface area contributed by atoms with E-state index >= 15 is 0 Å². The highest BCUT2D eigenvalue weighted by atomic mass is 35.5. The maximum Gasteiger partial charge on any atom is 0.191 e. The molecule has 0 aliphatic carbocycles. The Bertz CT molecular complexity index is 780. The molecule has 1 unspecified atom stereocenters. The number of aromatic nitrogens is 3. The maximum atomic E-state index is 6.21. The van der Waals surface area contributed by atoms with Crippen molar-refractivity contribution in [3.05, 3.63) is 40.9 Å². The van der Waals surface area contributed by atoms with Crippen LogP contribution in [0.5, 0.6) is 5.75 Å². The van der Waals surface area contributed by atoms with Gasteiger partial charge in [-0.1, -0.05) is 30.7 Å². The van der Waals surface area contributed by atoms with Gasteiger partial charge in [-0.25, -0.2) is 4.99 Å². The molecule has 2 aromatic rings. The molecule has 1 aromatic carbocycles. The molecule has 0 aliphatic heterocycles. The molecule has 8 nitrogen and oxygen atoms in total. The van der Waals surface area contributed by atoms with Crippen molar-refractivity contribution in [2.24, 2.45) is 12.0 Å². The highest BCUT2D eigenvalue weighted by molar-refractivity contribution is 6.32. The monoisotopic (exact) mass is 422 g/mol. The first-order chi connectivity index (χ1) is 14.0. The van der Waals surface area contributed by atoms with E-state index < -0.39 is 0 Å². The van der Waals surface area contributed by atoms with Crippen molar-refractivity contribution >= 4 is 17.6 Å². The largest absolute Gasteiger partial charge is 0.487 e. The zero-order chi connectivity index (χ0) is 21.1. The summed E-state index contributed by atoms with van der Waals surface area (Å²) in [6, 6.07) is 7.50. The van der Waals surface area contributed by atoms with Gasteiger partial charge in [0.15, 0.2) is 11.8 Å². The number of nitrogens with zero attached hydrogens (tertiary/aromatic N) is 4. The van der Waals surface area contributed by atoms with E-state index in [1.54, 1.807) is 7.11 Å². The average molecular weight is 423 g/mol. The topological polar surface area (TPSA) is 85.6 Å². The number of hydrogen-bond acceptors (Lipinski definition) is 5. The van der Waals surface area contributed by atoms with E-state index in [9.17, 15) is 0 Å². The number of nitrogens with one attached hydrogen (secondary N) is 2. The zero-order valence-corrected chi connectivity index (χ0v) is 18.4. The van der Waals surface area contributed by atoms with E-state index in [1.165, 1.54) is 0 Å². The fourth-order valence-electron chi connectivity index (χ4n) is 2.54. The summed E-state index contributed by atoms with van der Waals surface area (Å²) >= 11 is 6.21. The second-order valence-electron chi connectivity index (χ2n) is 6.62. The second kappa shape index (κ2) is 12.3. The van der Waals surface area contributed by atoms with Crippen molar-refractivity contribution in [2.75, 3.05) is 26.8 Å². The van der Waals surface area contributed by atoms with Crippen molar-refractivity contribution in [2.45, 2.75) is 39.3 Å². The Morgan fingerprint density at radius 2 is 2.07 bits per heavy atom. The Hall–Kier alpha value is -2.32. The van der Waals surface area contributed by atoms with Crippen LogP contribution in [0.15, 0.2) is 29.3 Å². The van der Waals surface area contributed by atoms with Gasteiger partial charge in [0.2, 0.25) is 0 Å². The van der Waals surface area contributed by atoms with Crippen molar-refractivity contribution in [1.29, 1.82) is 0 Å². The summed E-state index contributed by atoms with van der Waals surface area (Å²) in [6.07, 6.45) is 1.67. The quantitative estimate of drug-likeness (QED) is 0.329. The molecular weight excluding hydrogens is 392 g/mol. The molecule has 29 heavy (non-hydrogen) atoms. The molecule has 0 radical (unpaired) electrons. The third-order valence-corrected chi connectivity index (χ3v) is 4.77. The Kier molecular flexibility index (Phi) is 9.73. The Labute approximate surface area is 177 Å². The van der Waals surface area contributed by atoms with Crippen LogP contribution < -0.4 is 15.4 Å². The second-order valence-corrected chi connectivity index (χ2v) is 7.03. The van der Waals surface area contributed by atoms with Crippen molar-refractivity contribution in [3.8, 4) is 5.75 Å². The number of ether oxygens (including phenoxy) is 2. The van der Waals surface area contributed by atoms with E-state index in [0.29, 0.717) is 36.4 Å². The van der Waals surface area contributed by atoms with Gasteiger partial charge in [-0.05, 0) is 31.9 Å². The third-order valence-electron chi connectivity index (χ3n) is 4.46. The molecule has 0 saturated carbocycles. The number of rotatable bonds is 11. The summed E-state index contributed by atoms with van der Waals surface area (Å²) < 4.78 is 13.1. The Morgan fingerprint density at radius 3 is 2.72 bits per heavy atom. The Morgan fingerprint density at radius 1 is 1.28 bits per heavy atom. The van der Waals surface area contributed by atoms with Gasteiger partial charge < -0.3 is 24.7 Å². The van der Waals surface area contributed by atoms with Gasteiger partial charge in [-0.2, -0.15) is 0 Å². The minimum Gasteiger partial charge on any atom is -0.487 e. The fourth-order valence-corrected chi connectivity index (χ4v) is 2.72. The van der Waals surface area contributed by atoms with E-state index in [1.807, 2.05) is 42.8 Å². The van der Waals surface area contributed by atoms with E-state index in [0.717, 1.165) is 31.0 Å². The number of methoxy groups -OCH3 is 1. The van der Waals surface area contributed by atoms with Gasteiger partial charge in [0, 0.05) is 27.3 Å². The van der Waals surface area contributed by atoms with Crippen LogP contribution in [-0.4, -0.2) is 53.6 Å². The lowest BCUT2D eigenvalue weighted by atomic mass is 10.2. The van der Waals surface area contributed by atoms with Gasteiger partial charge in [-0.3, -0.25) is 0 Å². The summed E-state index contributed by atoms with van der Waals surface area (Å²) in [5, 5.41) is 15.5. The van der Waals surface area contributed by atoms with Crippen LogP contribution in [0.4, 0.5) is 0 Å². The first-order valence-electron chi connectivity index (χ1n) is 9.82. The molecule has 1 heterocycles. The Balaban J connectivity index is 1.98. The van der Waals surface area contributed by atoms with Crippen LogP contribution in [0.3, 0.4) is 0 Å². The molecule has 0 fully saturated rings. The summed E-state index contributed by atoms with van der Waals surface area (Å²) in [5.74, 6) is 3.05. The molecule has 160 valence electrons. The molecule has 9 heteroatoms. The highest BCUT2D eigenvalue weighted by Gasteiger charge is 2.12. The summed E-state index contributed by atoms with van der Waals surface area (Å²) in [4.78, 5) is 4.65. The first kappa shape index (κ1) is 23.0. The van der Waals surface area contributed by atoms with E-state index in [-0.39, 0.29) is 6.10 Å². The highest BCUT2D eigenvalue weighted by Crippen LogP contribution is 2.24. The predicted octanol–water partition coefficient (Wildman–Crippen LogP) is 2.71. The lowest BCUT2D eigenvalue weighted by Crippen LogP contribution is -2.43. The van der Waals surface area contributed by atoms with Crippen LogP contribution in [0.25, 0.3) is 0 Å². The molecule has 0 saturated heterocycles. The first-order valence-corrected chi connectivity index (χ1v) is 10.2. The lowest BCUT2D eigenvalue weighted by Gasteiger charge is -2.20. The zero-order valence-electron chi connectivity index (χ0n) is 17.6. The molecule has 2 N–H and O–H groups in total. The number of benzene rings is 1. The standard InChI is InChI=1S/C20H31ClN6O2/c1-5-16(29-18-10-7-6-9-17(18)21)13-23-20(22-11-8-12-28-4)24-14-19-26-25-15(2)27(19)3/h6-7,9-10,16H,5,8,11-14H2,1-4H3,(H2,22,23,24). The van der Waals surface area contributed by atoms with Crippen LogP contribution in [0.2, 0.25) is 5.02 Å². The van der Waals surface area contributed by atoms with Crippen LogP contribution >= 0.6 is 11.6 Å². The van der Waals surface area contributed by atoms with E-state index in [2.05, 4.69) is 32.7 Å². The minimum atomic E-state index is -0.0436. The maximum absolute atomic E-state index is 6.21. The molecular formula is C20H31ClN6O2. The number of aryl methyl sites for hydroxylation is 1. The number of guanidine groups is 1. The van der Waals surface area contributed by atoms with Crippen molar-refractivity contribution in [3.63, 3.8) is 0 Å². The summed E-state index contributed by atoms with van der Waals surface area (Å²) in [5.41, 5.74) is 0. The van der Waals surface area contributed by atoms with Crippen molar-refractivity contribution < 1.29 is 9.47 Å². The summed E-state index contributed by atoms with van der Waals surface area (Å²) in [6.45, 7) is 6.46. The minimum absolute atomic E-state index is 0.0436. The van der Waals surface area contributed by atoms with E-state index in [4.69, 9.17) is 21.1 Å². The smallest absolute Gasteiger partial charge is 0.191 e. The number of hydrogen-bond donors (Lipinski definition) is 2. The molecule has 0 amide bonds. The molecule has 1 aromatic heterocycles. The normalized spacial score (nSPS) is 12.7. The van der Waals surface area contributed by atoms with Crippen LogP contribution in [0, 0.1) is 6.92 Å². The van der Waals surface area contributed by atoms with Crippen LogP contribution in [0.1, 0.15) is 31.4 Å². The molecule has 0 bridgehead atoms. The number of para-hydroxylation sites is 1. The third kappa shape index (κ3) is 7.55. The number of aliphatic imine (C=N–C) groups is 1. The molecule has 2 rings (SSSR count). The molecule has 0 spiro atoms. The molecule has 1 atom stereocenters. The number of halogens is 1. The van der Waals surface area contributed by atoms with Gasteiger partial charge in [-0.15, -0.1) is 10.2 Å². The van der Waals surface area contributed by atoms with Gasteiger partial charge >= 0.3 is 0 Å². The van der Waals surface area contributed by atoms with Gasteiger partial charge in [0.05, 0.1) is 11.6 Å². The van der Waals surface area contributed by atoms with Gasteiger partial charge in [0.25, 0.3) is 0 Å². The average Bonchev–Trinajstić information content (AvgIpc) is 3.05. The van der Waals surface area contributed by atoms with Crippen LogP contribution in [-0.2, 0) is 18.3 Å². The van der Waals surface area contributed by atoms with Crippen molar-refractivity contribution in [1.82, 2.24) is 25.4 Å². The predicted molar refractivity (Wildman–Crippen MR) is 116 cm³/mol.